The molecule has 2 aromatic carbocycles. The number of para-hydroxylation sites is 1. The number of ether oxygens (including phenoxy) is 1. The van der Waals surface area contributed by atoms with Crippen molar-refractivity contribution in [3.05, 3.63) is 76.5 Å². The summed E-state index contributed by atoms with van der Waals surface area (Å²) >= 11 is 1.55. The van der Waals surface area contributed by atoms with Gasteiger partial charge >= 0.3 is 6.09 Å². The highest BCUT2D eigenvalue weighted by molar-refractivity contribution is 7.14. The molecule has 0 spiro atoms. The van der Waals surface area contributed by atoms with E-state index in [1.807, 2.05) is 73.8 Å². The molecule has 222 valence electrons. The van der Waals surface area contributed by atoms with Crippen LogP contribution in [0.3, 0.4) is 0 Å². The number of anilines is 1. The fourth-order valence-corrected chi connectivity index (χ4v) is 6.45. The highest BCUT2D eigenvalue weighted by Crippen LogP contribution is 2.28. The number of piperazine rings is 1. The molecule has 0 saturated carbocycles. The molecular formula is C32H39N5O4S. The third-order valence-electron chi connectivity index (χ3n) is 7.96. The summed E-state index contributed by atoms with van der Waals surface area (Å²) in [6.45, 7) is 7.09. The number of carbonyl (C=O) groups is 3. The number of rotatable bonds is 10. The van der Waals surface area contributed by atoms with Crippen molar-refractivity contribution in [3.8, 4) is 11.1 Å². The van der Waals surface area contributed by atoms with Gasteiger partial charge in [0.15, 0.2) is 0 Å². The number of nitrogens with zero attached hydrogens (tertiary/aromatic N) is 4. The van der Waals surface area contributed by atoms with Crippen molar-refractivity contribution < 1.29 is 19.1 Å². The van der Waals surface area contributed by atoms with Gasteiger partial charge in [0.25, 0.3) is 5.91 Å². The van der Waals surface area contributed by atoms with Crippen molar-refractivity contribution in [1.82, 2.24) is 19.6 Å². The highest BCUT2D eigenvalue weighted by atomic mass is 32.1. The lowest BCUT2D eigenvalue weighted by Gasteiger charge is -2.32. The maximum atomic E-state index is 13.0. The second kappa shape index (κ2) is 14.4. The number of thiophene rings is 1. The fraction of sp³-hybridized carbons (Fsp3) is 0.406. The molecule has 0 aliphatic carbocycles. The van der Waals surface area contributed by atoms with Crippen LogP contribution in [0.2, 0.25) is 0 Å². The van der Waals surface area contributed by atoms with Gasteiger partial charge in [0.2, 0.25) is 6.41 Å². The zero-order valence-corrected chi connectivity index (χ0v) is 24.9. The number of amides is 3. The van der Waals surface area contributed by atoms with Crippen LogP contribution in [0.15, 0.2) is 66.7 Å². The van der Waals surface area contributed by atoms with E-state index in [4.69, 9.17) is 4.74 Å². The van der Waals surface area contributed by atoms with E-state index in [9.17, 15) is 14.4 Å². The molecule has 42 heavy (non-hydrogen) atoms. The minimum atomic E-state index is -0.430. The van der Waals surface area contributed by atoms with Crippen LogP contribution in [0.1, 0.15) is 27.4 Å². The van der Waals surface area contributed by atoms with E-state index >= 15 is 0 Å². The molecule has 1 N–H and O–H groups in total. The third-order valence-corrected chi connectivity index (χ3v) is 9.02. The minimum Gasteiger partial charge on any atom is -0.446 e. The molecule has 10 heteroatoms. The standard InChI is InChI=1S/C32H39N5O4S/c1-34(31(39)30-12-11-27(42-30)23-36-19-21-37(24-38)22-20-36)17-18-35-15-13-26(14-16-35)41-32(40)33-29-10-6-5-9-28(29)25-7-3-2-4-8-25/h2-12,24,26H,13-23H2,1H3,(H,33,40). The van der Waals surface area contributed by atoms with E-state index in [1.165, 1.54) is 4.88 Å². The van der Waals surface area contributed by atoms with Crippen molar-refractivity contribution >= 4 is 35.4 Å². The fourth-order valence-electron chi connectivity index (χ4n) is 5.41. The monoisotopic (exact) mass is 589 g/mol. The molecule has 1 aromatic heterocycles. The molecule has 0 radical (unpaired) electrons. The van der Waals surface area contributed by atoms with E-state index < -0.39 is 6.09 Å². The zero-order valence-electron chi connectivity index (χ0n) is 24.1. The summed E-state index contributed by atoms with van der Waals surface area (Å²) < 4.78 is 5.76. The lowest BCUT2D eigenvalue weighted by atomic mass is 10.0. The van der Waals surface area contributed by atoms with E-state index in [-0.39, 0.29) is 12.0 Å². The number of likely N-dealkylation sites (N-methyl/N-ethyl adjacent to an activating group) is 1. The lowest BCUT2D eigenvalue weighted by Crippen LogP contribution is -2.45. The first-order valence-electron chi connectivity index (χ1n) is 14.6. The van der Waals surface area contributed by atoms with Gasteiger partial charge in [0.05, 0.1) is 10.6 Å². The zero-order chi connectivity index (χ0) is 29.3. The van der Waals surface area contributed by atoms with Crippen molar-refractivity contribution in [2.45, 2.75) is 25.5 Å². The Morgan fingerprint density at radius 1 is 0.929 bits per heavy atom. The maximum absolute atomic E-state index is 13.0. The van der Waals surface area contributed by atoms with Crippen LogP contribution in [-0.4, -0.2) is 104 Å². The van der Waals surface area contributed by atoms with Crippen LogP contribution in [0.5, 0.6) is 0 Å². The molecule has 2 fully saturated rings. The topological polar surface area (TPSA) is 85.4 Å². The van der Waals surface area contributed by atoms with E-state index in [2.05, 4.69) is 15.1 Å². The first-order valence-corrected chi connectivity index (χ1v) is 15.4. The summed E-state index contributed by atoms with van der Waals surface area (Å²) in [6.07, 6.45) is 1.88. The Balaban J connectivity index is 1.02. The Kier molecular flexibility index (Phi) is 10.2. The minimum absolute atomic E-state index is 0.0442. The summed E-state index contributed by atoms with van der Waals surface area (Å²) in [7, 11) is 1.86. The Morgan fingerprint density at radius 3 is 2.38 bits per heavy atom. The van der Waals surface area contributed by atoms with Crippen molar-refractivity contribution in [2.24, 2.45) is 0 Å². The second-order valence-corrected chi connectivity index (χ2v) is 12.1. The summed E-state index contributed by atoms with van der Waals surface area (Å²) in [4.78, 5) is 46.8. The number of piperidine rings is 1. The largest absolute Gasteiger partial charge is 0.446 e. The number of likely N-dealkylation sites (tertiary alicyclic amines) is 1. The molecule has 5 rings (SSSR count). The smallest absolute Gasteiger partial charge is 0.411 e. The molecule has 3 aromatic rings. The molecule has 2 saturated heterocycles. The summed E-state index contributed by atoms with van der Waals surface area (Å²) in [6, 6.07) is 21.7. The molecule has 3 amide bonds. The number of benzene rings is 2. The summed E-state index contributed by atoms with van der Waals surface area (Å²) in [5.41, 5.74) is 2.72. The number of carbonyl (C=O) groups excluding carboxylic acids is 3. The second-order valence-electron chi connectivity index (χ2n) is 10.9. The molecular weight excluding hydrogens is 550 g/mol. The molecule has 2 aliphatic rings. The molecule has 0 unspecified atom stereocenters. The van der Waals surface area contributed by atoms with E-state index in [0.29, 0.717) is 6.54 Å². The van der Waals surface area contributed by atoms with Gasteiger partial charge < -0.3 is 19.4 Å². The predicted octanol–water partition coefficient (Wildman–Crippen LogP) is 4.47. The van der Waals surface area contributed by atoms with Gasteiger partial charge in [-0.1, -0.05) is 48.5 Å². The van der Waals surface area contributed by atoms with Crippen LogP contribution in [0, 0.1) is 0 Å². The normalized spacial score (nSPS) is 16.6. The first kappa shape index (κ1) is 29.8. The van der Waals surface area contributed by atoms with Crippen molar-refractivity contribution in [2.75, 3.05) is 64.7 Å². The highest BCUT2D eigenvalue weighted by Gasteiger charge is 2.24. The quantitative estimate of drug-likeness (QED) is 0.351. The molecule has 0 atom stereocenters. The average Bonchev–Trinajstić information content (AvgIpc) is 3.49. The van der Waals surface area contributed by atoms with Gasteiger partial charge in [-0.25, -0.2) is 4.79 Å². The van der Waals surface area contributed by atoms with Crippen LogP contribution < -0.4 is 5.32 Å². The van der Waals surface area contributed by atoms with Crippen LogP contribution in [0.4, 0.5) is 10.5 Å². The Hall–Kier alpha value is -3.73. The number of nitrogens with one attached hydrogen (secondary N) is 1. The third kappa shape index (κ3) is 7.96. The molecule has 2 aliphatic heterocycles. The Morgan fingerprint density at radius 2 is 1.64 bits per heavy atom. The number of hydrogen-bond donors (Lipinski definition) is 1. The Labute approximate surface area is 251 Å². The maximum Gasteiger partial charge on any atom is 0.411 e. The number of hydrogen-bond acceptors (Lipinski definition) is 7. The van der Waals surface area contributed by atoms with E-state index in [1.54, 1.807) is 21.1 Å². The SMILES string of the molecule is CN(CCN1CCC(OC(=O)Nc2ccccc2-c2ccccc2)CC1)C(=O)c1ccc(CN2CCN(C=O)CC2)s1. The van der Waals surface area contributed by atoms with Gasteiger partial charge in [-0.15, -0.1) is 11.3 Å². The van der Waals surface area contributed by atoms with Crippen LogP contribution in [0.25, 0.3) is 11.1 Å². The lowest BCUT2D eigenvalue weighted by molar-refractivity contribution is -0.119. The van der Waals surface area contributed by atoms with E-state index in [0.717, 1.165) is 93.3 Å². The van der Waals surface area contributed by atoms with Gasteiger partial charge in [-0.3, -0.25) is 19.8 Å². The van der Waals surface area contributed by atoms with Gasteiger partial charge in [-0.2, -0.15) is 0 Å². The summed E-state index contributed by atoms with van der Waals surface area (Å²) in [5.74, 6) is 0.0442. The first-order chi connectivity index (χ1) is 20.5. The predicted molar refractivity (Wildman–Crippen MR) is 166 cm³/mol. The van der Waals surface area contributed by atoms with Crippen molar-refractivity contribution in [1.29, 1.82) is 0 Å². The average molecular weight is 590 g/mol. The van der Waals surface area contributed by atoms with Gasteiger partial charge in [0.1, 0.15) is 6.10 Å². The van der Waals surface area contributed by atoms with Gasteiger partial charge in [0, 0.05) is 76.4 Å². The summed E-state index contributed by atoms with van der Waals surface area (Å²) in [5, 5.41) is 2.93. The molecule has 9 nitrogen and oxygen atoms in total. The van der Waals surface area contributed by atoms with Crippen molar-refractivity contribution in [3.63, 3.8) is 0 Å². The Bertz CT molecular complexity index is 1330. The van der Waals surface area contributed by atoms with Gasteiger partial charge in [-0.05, 0) is 36.6 Å². The van der Waals surface area contributed by atoms with Crippen LogP contribution >= 0.6 is 11.3 Å². The molecule has 0 bridgehead atoms. The molecule has 3 heterocycles. The van der Waals surface area contributed by atoms with Crippen LogP contribution in [-0.2, 0) is 16.1 Å².